The molecule has 0 radical (unpaired) electrons. The highest BCUT2D eigenvalue weighted by Gasteiger charge is 2.60. The molecule has 0 aliphatic heterocycles. The fourth-order valence-corrected chi connectivity index (χ4v) is 5.07. The molecule has 8 nitrogen and oxygen atoms in total. The van der Waals surface area contributed by atoms with Crippen molar-refractivity contribution in [1.29, 1.82) is 0 Å². The molecule has 2 aliphatic carbocycles. The molecular weight excluding hydrogens is 440 g/mol. The Morgan fingerprint density at radius 1 is 0.971 bits per heavy atom. The lowest BCUT2D eigenvalue weighted by atomic mass is 10.1. The molecule has 0 saturated heterocycles. The van der Waals surface area contributed by atoms with Crippen molar-refractivity contribution in [3.63, 3.8) is 0 Å². The van der Waals surface area contributed by atoms with E-state index in [9.17, 15) is 10.2 Å². The SMILES string of the molecule is Nc1ccc(CCNc2nc(C#Cc3ccccc3)nc3c2ncn3[C@H]2[C@H](O)[C@H](O)[C@@H]3C[C@@H]32)cc1. The van der Waals surface area contributed by atoms with Crippen LogP contribution in [0.1, 0.15) is 29.4 Å². The van der Waals surface area contributed by atoms with Crippen molar-refractivity contribution in [2.75, 3.05) is 17.6 Å². The van der Waals surface area contributed by atoms with Crippen LogP contribution in [-0.4, -0.2) is 48.5 Å². The standard InChI is InChI=1S/C27H26N6O2/c28-18-9-6-17(7-10-18)12-13-29-26-22-27(32-21(31-26)11-8-16-4-2-1-3-5-16)33(15-30-22)23-19-14-20(19)24(34)25(23)35/h1-7,9-10,15,19-20,23-25,34-35H,12-14,28H2,(H,29,31,32)/t19-,20+,23+,24+,25-/m0/s1. The Labute approximate surface area is 202 Å². The van der Waals surface area contributed by atoms with Crippen molar-refractivity contribution < 1.29 is 10.2 Å². The van der Waals surface area contributed by atoms with E-state index in [1.54, 1.807) is 6.33 Å². The average molecular weight is 467 g/mol. The van der Waals surface area contributed by atoms with Gasteiger partial charge in [0, 0.05) is 17.8 Å². The van der Waals surface area contributed by atoms with E-state index in [0.717, 1.165) is 29.7 Å². The molecule has 0 amide bonds. The first-order valence-electron chi connectivity index (χ1n) is 11.8. The van der Waals surface area contributed by atoms with E-state index >= 15 is 0 Å². The minimum atomic E-state index is -0.841. The van der Waals surface area contributed by atoms with Gasteiger partial charge in [0.15, 0.2) is 17.0 Å². The predicted molar refractivity (Wildman–Crippen MR) is 133 cm³/mol. The molecule has 176 valence electrons. The van der Waals surface area contributed by atoms with Crippen LogP contribution in [0.15, 0.2) is 60.9 Å². The number of aliphatic hydroxyl groups is 2. The van der Waals surface area contributed by atoms with E-state index in [4.69, 9.17) is 10.7 Å². The number of rotatable bonds is 5. The first kappa shape index (κ1) is 21.6. The third-order valence-electron chi connectivity index (χ3n) is 6.99. The minimum absolute atomic E-state index is 0.143. The second kappa shape index (κ2) is 8.69. The van der Waals surface area contributed by atoms with Crippen LogP contribution in [-0.2, 0) is 6.42 Å². The number of aromatic nitrogens is 4. The zero-order valence-corrected chi connectivity index (χ0v) is 19.0. The van der Waals surface area contributed by atoms with Gasteiger partial charge in [-0.15, -0.1) is 0 Å². The molecule has 0 bridgehead atoms. The summed E-state index contributed by atoms with van der Waals surface area (Å²) < 4.78 is 1.89. The van der Waals surface area contributed by atoms with E-state index < -0.39 is 12.2 Å². The highest BCUT2D eigenvalue weighted by molar-refractivity contribution is 5.83. The Hall–Kier alpha value is -3.93. The van der Waals surface area contributed by atoms with Crippen molar-refractivity contribution in [2.24, 2.45) is 11.8 Å². The van der Waals surface area contributed by atoms with E-state index in [1.807, 2.05) is 59.2 Å². The Balaban J connectivity index is 1.34. The molecule has 4 aromatic rings. The van der Waals surface area contributed by atoms with Gasteiger partial charge in [-0.1, -0.05) is 36.3 Å². The molecule has 2 aromatic carbocycles. The number of hydrogen-bond acceptors (Lipinski definition) is 7. The molecular formula is C27H26N6O2. The van der Waals surface area contributed by atoms with Crippen LogP contribution in [0.2, 0.25) is 0 Å². The number of imidazole rings is 1. The lowest BCUT2D eigenvalue weighted by Crippen LogP contribution is -2.31. The van der Waals surface area contributed by atoms with E-state index in [-0.39, 0.29) is 17.9 Å². The molecule has 0 spiro atoms. The fraction of sp³-hybridized carbons (Fsp3) is 0.296. The van der Waals surface area contributed by atoms with Gasteiger partial charge in [0.25, 0.3) is 0 Å². The molecule has 0 unspecified atom stereocenters. The van der Waals surface area contributed by atoms with Crippen LogP contribution in [0.25, 0.3) is 11.2 Å². The maximum atomic E-state index is 10.7. The molecule has 6 rings (SSSR count). The summed E-state index contributed by atoms with van der Waals surface area (Å²) in [5.74, 6) is 7.54. The Kier molecular flexibility index (Phi) is 5.36. The van der Waals surface area contributed by atoms with Crippen molar-refractivity contribution in [3.05, 3.63) is 77.9 Å². The summed E-state index contributed by atoms with van der Waals surface area (Å²) in [5.41, 5.74) is 9.80. The molecule has 5 N–H and O–H groups in total. The zero-order chi connectivity index (χ0) is 23.9. The summed E-state index contributed by atoms with van der Waals surface area (Å²) in [6, 6.07) is 17.2. The van der Waals surface area contributed by atoms with Crippen LogP contribution in [0.5, 0.6) is 0 Å². The Morgan fingerprint density at radius 2 is 1.77 bits per heavy atom. The van der Waals surface area contributed by atoms with Crippen LogP contribution < -0.4 is 11.1 Å². The third-order valence-corrected chi connectivity index (χ3v) is 6.99. The fourth-order valence-electron chi connectivity index (χ4n) is 5.07. The largest absolute Gasteiger partial charge is 0.399 e. The van der Waals surface area contributed by atoms with Gasteiger partial charge in [-0.25, -0.2) is 15.0 Å². The van der Waals surface area contributed by atoms with Crippen molar-refractivity contribution >= 4 is 22.7 Å². The lowest BCUT2D eigenvalue weighted by Gasteiger charge is -2.22. The highest BCUT2D eigenvalue weighted by Crippen LogP contribution is 2.57. The molecule has 2 aromatic heterocycles. The number of nitrogens with one attached hydrogen (secondary N) is 1. The summed E-state index contributed by atoms with van der Waals surface area (Å²) in [7, 11) is 0. The summed E-state index contributed by atoms with van der Waals surface area (Å²) in [6.07, 6.45) is 1.83. The second-order valence-electron chi connectivity index (χ2n) is 9.29. The molecule has 2 heterocycles. The molecule has 2 aliphatic rings. The van der Waals surface area contributed by atoms with Gasteiger partial charge in [0.05, 0.1) is 18.5 Å². The van der Waals surface area contributed by atoms with Crippen LogP contribution >= 0.6 is 0 Å². The molecule has 2 fully saturated rings. The van der Waals surface area contributed by atoms with Crippen LogP contribution in [0, 0.1) is 23.7 Å². The summed E-state index contributed by atoms with van der Waals surface area (Å²) in [6.45, 7) is 0.643. The predicted octanol–water partition coefficient (Wildman–Crippen LogP) is 2.38. The van der Waals surface area contributed by atoms with Gasteiger partial charge >= 0.3 is 0 Å². The quantitative estimate of drug-likeness (QED) is 0.263. The summed E-state index contributed by atoms with van der Waals surface area (Å²) >= 11 is 0. The first-order chi connectivity index (χ1) is 17.1. The molecule has 35 heavy (non-hydrogen) atoms. The van der Waals surface area contributed by atoms with E-state index in [0.29, 0.717) is 29.4 Å². The zero-order valence-electron chi connectivity index (χ0n) is 19.0. The smallest absolute Gasteiger partial charge is 0.209 e. The topological polar surface area (TPSA) is 122 Å². The number of aliphatic hydroxyl groups excluding tert-OH is 2. The lowest BCUT2D eigenvalue weighted by molar-refractivity contribution is 0.00386. The summed E-state index contributed by atoms with van der Waals surface area (Å²) in [5, 5.41) is 24.4. The molecule has 5 atom stereocenters. The van der Waals surface area contributed by atoms with Gasteiger partial charge in [-0.2, -0.15) is 0 Å². The van der Waals surface area contributed by atoms with Crippen LogP contribution in [0.4, 0.5) is 11.5 Å². The van der Waals surface area contributed by atoms with Gasteiger partial charge < -0.3 is 25.8 Å². The number of anilines is 2. The van der Waals surface area contributed by atoms with Crippen molar-refractivity contribution in [3.8, 4) is 11.8 Å². The summed E-state index contributed by atoms with van der Waals surface area (Å²) in [4.78, 5) is 14.0. The minimum Gasteiger partial charge on any atom is -0.399 e. The van der Waals surface area contributed by atoms with Crippen LogP contribution in [0.3, 0.4) is 0 Å². The molecule has 8 heteroatoms. The van der Waals surface area contributed by atoms with E-state index in [2.05, 4.69) is 27.1 Å². The van der Waals surface area contributed by atoms with Gasteiger partial charge in [0.1, 0.15) is 6.10 Å². The number of benzene rings is 2. The van der Waals surface area contributed by atoms with E-state index in [1.165, 1.54) is 0 Å². The number of hydrogen-bond donors (Lipinski definition) is 4. The third kappa shape index (κ3) is 4.09. The van der Waals surface area contributed by atoms with Crippen molar-refractivity contribution in [1.82, 2.24) is 19.5 Å². The Morgan fingerprint density at radius 3 is 2.51 bits per heavy atom. The maximum absolute atomic E-state index is 10.7. The highest BCUT2D eigenvalue weighted by atomic mass is 16.3. The normalized spacial score (nSPS) is 24.6. The number of nitrogens with zero attached hydrogens (tertiary/aromatic N) is 4. The number of nitrogen functional groups attached to an aromatic ring is 1. The van der Waals surface area contributed by atoms with Crippen molar-refractivity contribution in [2.45, 2.75) is 31.1 Å². The maximum Gasteiger partial charge on any atom is 0.209 e. The number of nitrogens with two attached hydrogens (primary N) is 1. The Bertz CT molecular complexity index is 1420. The monoisotopic (exact) mass is 466 g/mol. The molecule has 2 saturated carbocycles. The van der Waals surface area contributed by atoms with Gasteiger partial charge in [-0.3, -0.25) is 0 Å². The average Bonchev–Trinajstić information content (AvgIpc) is 3.48. The van der Waals surface area contributed by atoms with Gasteiger partial charge in [-0.05, 0) is 60.4 Å². The number of fused-ring (bicyclic) bond motifs is 2. The first-order valence-corrected chi connectivity index (χ1v) is 11.8. The second-order valence-corrected chi connectivity index (χ2v) is 9.29. The van der Waals surface area contributed by atoms with Gasteiger partial charge in [0.2, 0.25) is 5.82 Å².